The Balaban J connectivity index is 1.72. The van der Waals surface area contributed by atoms with E-state index in [4.69, 9.17) is 4.52 Å². The van der Waals surface area contributed by atoms with Crippen molar-refractivity contribution < 1.29 is 9.63 Å². The Morgan fingerprint density at radius 2 is 2.05 bits per heavy atom. The molecule has 2 aromatic heterocycles. The second-order valence-electron chi connectivity index (χ2n) is 5.50. The maximum absolute atomic E-state index is 9.83. The van der Waals surface area contributed by atoms with Crippen LogP contribution in [0.15, 0.2) is 28.8 Å². The molecule has 110 valence electrons. The molecule has 2 heterocycles. The van der Waals surface area contributed by atoms with Crippen molar-refractivity contribution in [3.8, 4) is 0 Å². The SMILES string of the molecule is CC(C)C(O)Cc1nc(Cc2nc3ccccc3[nH]2)no1. The minimum Gasteiger partial charge on any atom is -0.392 e. The molecule has 3 rings (SSSR count). The minimum absolute atomic E-state index is 0.163. The van der Waals surface area contributed by atoms with E-state index < -0.39 is 6.10 Å². The molecule has 0 amide bonds. The van der Waals surface area contributed by atoms with Gasteiger partial charge in [-0.25, -0.2) is 4.98 Å². The molecule has 0 spiro atoms. The molecule has 0 saturated carbocycles. The van der Waals surface area contributed by atoms with Crippen LogP contribution in [0.4, 0.5) is 0 Å². The highest BCUT2D eigenvalue weighted by Gasteiger charge is 2.16. The topological polar surface area (TPSA) is 87.8 Å². The third-order valence-corrected chi connectivity index (χ3v) is 3.43. The smallest absolute Gasteiger partial charge is 0.229 e. The number of nitrogens with zero attached hydrogens (tertiary/aromatic N) is 3. The summed E-state index contributed by atoms with van der Waals surface area (Å²) in [7, 11) is 0. The van der Waals surface area contributed by atoms with Crippen LogP contribution in [0.3, 0.4) is 0 Å². The van der Waals surface area contributed by atoms with Crippen LogP contribution in [-0.2, 0) is 12.8 Å². The molecule has 0 aliphatic heterocycles. The van der Waals surface area contributed by atoms with E-state index in [2.05, 4.69) is 20.1 Å². The van der Waals surface area contributed by atoms with Gasteiger partial charge in [-0.15, -0.1) is 0 Å². The zero-order valence-electron chi connectivity index (χ0n) is 12.1. The van der Waals surface area contributed by atoms with Crippen LogP contribution >= 0.6 is 0 Å². The number of aromatic amines is 1. The van der Waals surface area contributed by atoms with Gasteiger partial charge >= 0.3 is 0 Å². The number of aliphatic hydroxyl groups excluding tert-OH is 1. The fourth-order valence-electron chi connectivity index (χ4n) is 2.10. The highest BCUT2D eigenvalue weighted by Crippen LogP contribution is 2.13. The normalized spacial score (nSPS) is 13.1. The number of hydrogen-bond acceptors (Lipinski definition) is 5. The van der Waals surface area contributed by atoms with E-state index >= 15 is 0 Å². The van der Waals surface area contributed by atoms with Crippen LogP contribution < -0.4 is 0 Å². The van der Waals surface area contributed by atoms with Gasteiger partial charge in [0.15, 0.2) is 5.82 Å². The van der Waals surface area contributed by atoms with E-state index in [-0.39, 0.29) is 5.92 Å². The highest BCUT2D eigenvalue weighted by atomic mass is 16.5. The summed E-state index contributed by atoms with van der Waals surface area (Å²) >= 11 is 0. The summed E-state index contributed by atoms with van der Waals surface area (Å²) in [6.07, 6.45) is 0.394. The second kappa shape index (κ2) is 5.65. The first-order valence-electron chi connectivity index (χ1n) is 7.05. The van der Waals surface area contributed by atoms with E-state index in [1.807, 2.05) is 38.1 Å². The summed E-state index contributed by atoms with van der Waals surface area (Å²) < 4.78 is 5.17. The predicted molar refractivity (Wildman–Crippen MR) is 77.7 cm³/mol. The van der Waals surface area contributed by atoms with Crippen LogP contribution in [0.1, 0.15) is 31.4 Å². The molecule has 3 aromatic rings. The van der Waals surface area contributed by atoms with Gasteiger partial charge in [0.2, 0.25) is 5.89 Å². The van der Waals surface area contributed by atoms with E-state index in [0.29, 0.717) is 24.6 Å². The molecular weight excluding hydrogens is 268 g/mol. The van der Waals surface area contributed by atoms with Gasteiger partial charge in [0, 0.05) is 0 Å². The Hall–Kier alpha value is -2.21. The van der Waals surface area contributed by atoms with Crippen molar-refractivity contribution in [2.45, 2.75) is 32.8 Å². The van der Waals surface area contributed by atoms with Gasteiger partial charge in [0.25, 0.3) is 0 Å². The summed E-state index contributed by atoms with van der Waals surface area (Å²) in [6, 6.07) is 7.85. The molecule has 6 heteroatoms. The van der Waals surface area contributed by atoms with E-state index in [1.165, 1.54) is 0 Å². The van der Waals surface area contributed by atoms with E-state index in [0.717, 1.165) is 16.9 Å². The Kier molecular flexibility index (Phi) is 3.70. The quantitative estimate of drug-likeness (QED) is 0.750. The Labute approximate surface area is 122 Å². The molecule has 2 N–H and O–H groups in total. The standard InChI is InChI=1S/C15H18N4O2/c1-9(2)12(20)7-15-18-14(19-21-15)8-13-16-10-5-3-4-6-11(10)17-13/h3-6,9,12,20H,7-8H2,1-2H3,(H,16,17). The van der Waals surface area contributed by atoms with Gasteiger partial charge in [-0.05, 0) is 18.1 Å². The van der Waals surface area contributed by atoms with Gasteiger partial charge in [0.05, 0.1) is 30.0 Å². The van der Waals surface area contributed by atoms with Crippen molar-refractivity contribution in [3.05, 3.63) is 41.8 Å². The Morgan fingerprint density at radius 1 is 1.24 bits per heavy atom. The molecule has 0 bridgehead atoms. The molecule has 21 heavy (non-hydrogen) atoms. The maximum atomic E-state index is 9.83. The lowest BCUT2D eigenvalue weighted by Crippen LogP contribution is -2.17. The van der Waals surface area contributed by atoms with Crippen LogP contribution in [0.25, 0.3) is 11.0 Å². The van der Waals surface area contributed by atoms with Gasteiger partial charge in [-0.1, -0.05) is 31.1 Å². The summed E-state index contributed by atoms with van der Waals surface area (Å²) in [4.78, 5) is 12.0. The highest BCUT2D eigenvalue weighted by molar-refractivity contribution is 5.74. The first-order chi connectivity index (χ1) is 10.1. The van der Waals surface area contributed by atoms with Crippen molar-refractivity contribution in [1.29, 1.82) is 0 Å². The first-order valence-corrected chi connectivity index (χ1v) is 7.05. The van der Waals surface area contributed by atoms with Crippen molar-refractivity contribution in [3.63, 3.8) is 0 Å². The fraction of sp³-hybridized carbons (Fsp3) is 0.400. The Bertz CT molecular complexity index is 699. The van der Waals surface area contributed by atoms with Crippen molar-refractivity contribution in [1.82, 2.24) is 20.1 Å². The predicted octanol–water partition coefficient (Wildman–Crippen LogP) is 2.10. The summed E-state index contributed by atoms with van der Waals surface area (Å²) in [5.74, 6) is 1.99. The summed E-state index contributed by atoms with van der Waals surface area (Å²) in [6.45, 7) is 3.91. The summed E-state index contributed by atoms with van der Waals surface area (Å²) in [5, 5.41) is 13.8. The zero-order chi connectivity index (χ0) is 14.8. The lowest BCUT2D eigenvalue weighted by molar-refractivity contribution is 0.116. The third-order valence-electron chi connectivity index (χ3n) is 3.43. The lowest BCUT2D eigenvalue weighted by Gasteiger charge is -2.10. The molecule has 1 atom stereocenters. The fourth-order valence-corrected chi connectivity index (χ4v) is 2.10. The molecular formula is C15H18N4O2. The first kappa shape index (κ1) is 13.8. The lowest BCUT2D eigenvalue weighted by atomic mass is 10.0. The van der Waals surface area contributed by atoms with Gasteiger partial charge in [0.1, 0.15) is 5.82 Å². The number of H-pyrrole nitrogens is 1. The minimum atomic E-state index is -0.468. The van der Waals surface area contributed by atoms with E-state index in [1.54, 1.807) is 0 Å². The number of hydrogen-bond donors (Lipinski definition) is 2. The van der Waals surface area contributed by atoms with Gasteiger partial charge in [-0.3, -0.25) is 0 Å². The van der Waals surface area contributed by atoms with Crippen molar-refractivity contribution in [2.75, 3.05) is 0 Å². The number of nitrogens with one attached hydrogen (secondary N) is 1. The van der Waals surface area contributed by atoms with Crippen LogP contribution in [0, 0.1) is 5.92 Å². The van der Waals surface area contributed by atoms with Crippen LogP contribution in [0.2, 0.25) is 0 Å². The second-order valence-corrected chi connectivity index (χ2v) is 5.50. The number of fused-ring (bicyclic) bond motifs is 1. The average molecular weight is 286 g/mol. The molecule has 1 aromatic carbocycles. The maximum Gasteiger partial charge on any atom is 0.229 e. The number of benzene rings is 1. The molecule has 6 nitrogen and oxygen atoms in total. The Morgan fingerprint density at radius 3 is 2.81 bits per heavy atom. The number of aliphatic hydroxyl groups is 1. The molecule has 0 aliphatic rings. The van der Waals surface area contributed by atoms with Crippen LogP contribution in [-0.4, -0.2) is 31.3 Å². The largest absolute Gasteiger partial charge is 0.392 e. The number of rotatable bonds is 5. The monoisotopic (exact) mass is 286 g/mol. The number of imidazole rings is 1. The molecule has 1 unspecified atom stereocenters. The van der Waals surface area contributed by atoms with Crippen molar-refractivity contribution in [2.24, 2.45) is 5.92 Å². The average Bonchev–Trinajstić information content (AvgIpc) is 3.05. The molecule has 0 fully saturated rings. The van der Waals surface area contributed by atoms with E-state index in [9.17, 15) is 5.11 Å². The molecule has 0 aliphatic carbocycles. The molecule has 0 saturated heterocycles. The van der Waals surface area contributed by atoms with Gasteiger partial charge < -0.3 is 14.6 Å². The third kappa shape index (κ3) is 3.11. The molecule has 0 radical (unpaired) electrons. The zero-order valence-corrected chi connectivity index (χ0v) is 12.1. The van der Waals surface area contributed by atoms with Crippen LogP contribution in [0.5, 0.6) is 0 Å². The number of para-hydroxylation sites is 2. The number of aromatic nitrogens is 4. The van der Waals surface area contributed by atoms with Gasteiger partial charge in [-0.2, -0.15) is 4.98 Å². The summed E-state index contributed by atoms with van der Waals surface area (Å²) in [5.41, 5.74) is 1.91. The van der Waals surface area contributed by atoms with Crippen molar-refractivity contribution >= 4 is 11.0 Å².